The number of nitrogens with zero attached hydrogens (tertiary/aromatic N) is 1. The van der Waals surface area contributed by atoms with Crippen molar-refractivity contribution in [1.82, 2.24) is 4.90 Å². The van der Waals surface area contributed by atoms with Gasteiger partial charge in [0.2, 0.25) is 0 Å². The summed E-state index contributed by atoms with van der Waals surface area (Å²) in [5, 5.41) is 9.20. The van der Waals surface area contributed by atoms with Crippen LogP contribution in [-0.4, -0.2) is 50.5 Å². The largest absolute Gasteiger partial charge is 0.396 e. The Kier molecular flexibility index (Phi) is 6.29. The summed E-state index contributed by atoms with van der Waals surface area (Å²) in [6.45, 7) is 7.06. The molecule has 0 rings (SSSR count). The van der Waals surface area contributed by atoms with Crippen LogP contribution in [0.15, 0.2) is 0 Å². The smallest absolute Gasteiger partial charge is 0.0589 e. The predicted molar refractivity (Wildman–Crippen MR) is 54.9 cm³/mol. The van der Waals surface area contributed by atoms with Gasteiger partial charge in [-0.05, 0) is 13.5 Å². The van der Waals surface area contributed by atoms with Crippen molar-refractivity contribution in [3.8, 4) is 0 Å². The number of aliphatic hydroxyl groups excluding tert-OH is 1. The molecule has 0 heterocycles. The summed E-state index contributed by atoms with van der Waals surface area (Å²) in [6.07, 6.45) is 1.00. The first-order valence-electron chi connectivity index (χ1n) is 4.86. The molecule has 1 atom stereocenters. The van der Waals surface area contributed by atoms with Crippen molar-refractivity contribution in [2.24, 2.45) is 5.41 Å². The van der Waals surface area contributed by atoms with Gasteiger partial charge in [-0.3, -0.25) is 0 Å². The normalized spacial score (nSPS) is 16.2. The van der Waals surface area contributed by atoms with Crippen LogP contribution in [0.1, 0.15) is 20.3 Å². The summed E-state index contributed by atoms with van der Waals surface area (Å²) >= 11 is 0. The van der Waals surface area contributed by atoms with Crippen molar-refractivity contribution < 1.29 is 9.84 Å². The van der Waals surface area contributed by atoms with E-state index in [4.69, 9.17) is 4.74 Å². The first-order valence-corrected chi connectivity index (χ1v) is 4.86. The van der Waals surface area contributed by atoms with Crippen LogP contribution in [-0.2, 0) is 4.74 Å². The molecule has 0 aromatic carbocycles. The number of rotatable bonds is 7. The topological polar surface area (TPSA) is 32.7 Å². The van der Waals surface area contributed by atoms with Crippen molar-refractivity contribution >= 4 is 0 Å². The molecular formula is C10H23NO2. The number of aliphatic hydroxyl groups is 1. The minimum Gasteiger partial charge on any atom is -0.396 e. The third-order valence-corrected chi connectivity index (χ3v) is 2.56. The zero-order valence-electron chi connectivity index (χ0n) is 9.34. The maximum atomic E-state index is 9.20. The van der Waals surface area contributed by atoms with Gasteiger partial charge in [0.25, 0.3) is 0 Å². The van der Waals surface area contributed by atoms with Crippen LogP contribution >= 0.6 is 0 Å². The maximum Gasteiger partial charge on any atom is 0.0589 e. The molecule has 0 bridgehead atoms. The lowest BCUT2D eigenvalue weighted by Gasteiger charge is -2.30. The Hall–Kier alpha value is -0.120. The standard InChI is InChI=1S/C10H23NO2/c1-5-10(2,9-12)8-11(3)6-7-13-4/h12H,5-9H2,1-4H3. The molecule has 0 spiro atoms. The lowest BCUT2D eigenvalue weighted by molar-refractivity contribution is 0.0806. The molecule has 0 saturated carbocycles. The molecule has 0 aliphatic carbocycles. The quantitative estimate of drug-likeness (QED) is 0.648. The number of likely N-dealkylation sites (N-methyl/N-ethyl adjacent to an activating group) is 1. The zero-order valence-corrected chi connectivity index (χ0v) is 9.34. The second-order valence-corrected chi connectivity index (χ2v) is 4.05. The first kappa shape index (κ1) is 12.9. The molecule has 0 aromatic rings. The fraction of sp³-hybridized carbons (Fsp3) is 1.00. The second kappa shape index (κ2) is 6.35. The number of methoxy groups -OCH3 is 1. The molecule has 1 unspecified atom stereocenters. The summed E-state index contributed by atoms with van der Waals surface area (Å²) in [6, 6.07) is 0. The Morgan fingerprint density at radius 3 is 2.46 bits per heavy atom. The third kappa shape index (κ3) is 5.24. The molecule has 3 nitrogen and oxygen atoms in total. The highest BCUT2D eigenvalue weighted by Gasteiger charge is 2.22. The van der Waals surface area contributed by atoms with E-state index >= 15 is 0 Å². The Bertz CT molecular complexity index is 124. The van der Waals surface area contributed by atoms with Crippen LogP contribution in [0, 0.1) is 5.41 Å². The lowest BCUT2D eigenvalue weighted by Crippen LogP contribution is -2.37. The van der Waals surface area contributed by atoms with E-state index in [0.29, 0.717) is 0 Å². The van der Waals surface area contributed by atoms with Crippen molar-refractivity contribution in [1.29, 1.82) is 0 Å². The van der Waals surface area contributed by atoms with Gasteiger partial charge in [-0.25, -0.2) is 0 Å². The van der Waals surface area contributed by atoms with E-state index in [9.17, 15) is 5.11 Å². The number of hydrogen-bond acceptors (Lipinski definition) is 3. The van der Waals surface area contributed by atoms with Gasteiger partial charge < -0.3 is 14.7 Å². The highest BCUT2D eigenvalue weighted by Crippen LogP contribution is 2.20. The summed E-state index contributed by atoms with van der Waals surface area (Å²) < 4.78 is 4.99. The highest BCUT2D eigenvalue weighted by molar-refractivity contribution is 4.74. The molecule has 0 aliphatic rings. The average molecular weight is 189 g/mol. The van der Waals surface area contributed by atoms with Crippen LogP contribution in [0.2, 0.25) is 0 Å². The Balaban J connectivity index is 3.79. The monoisotopic (exact) mass is 189 g/mol. The van der Waals surface area contributed by atoms with Crippen LogP contribution in [0.25, 0.3) is 0 Å². The molecule has 1 N–H and O–H groups in total. The van der Waals surface area contributed by atoms with E-state index < -0.39 is 0 Å². The van der Waals surface area contributed by atoms with Crippen LogP contribution in [0.3, 0.4) is 0 Å². The fourth-order valence-electron chi connectivity index (χ4n) is 1.25. The van der Waals surface area contributed by atoms with E-state index in [1.807, 2.05) is 0 Å². The van der Waals surface area contributed by atoms with Crippen LogP contribution in [0.5, 0.6) is 0 Å². The zero-order chi connectivity index (χ0) is 10.3. The Morgan fingerprint density at radius 2 is 2.08 bits per heavy atom. The maximum absolute atomic E-state index is 9.20. The van der Waals surface area contributed by atoms with Crippen molar-refractivity contribution in [3.05, 3.63) is 0 Å². The van der Waals surface area contributed by atoms with Gasteiger partial charge in [0.1, 0.15) is 0 Å². The van der Waals surface area contributed by atoms with E-state index in [0.717, 1.165) is 26.1 Å². The minimum absolute atomic E-state index is 0.0302. The van der Waals surface area contributed by atoms with Crippen molar-refractivity contribution in [3.63, 3.8) is 0 Å². The molecule has 80 valence electrons. The van der Waals surface area contributed by atoms with Crippen molar-refractivity contribution in [2.45, 2.75) is 20.3 Å². The average Bonchev–Trinajstić information content (AvgIpc) is 2.14. The van der Waals surface area contributed by atoms with Gasteiger partial charge in [-0.15, -0.1) is 0 Å². The van der Waals surface area contributed by atoms with Gasteiger partial charge in [0.15, 0.2) is 0 Å². The van der Waals surface area contributed by atoms with E-state index in [1.165, 1.54) is 0 Å². The molecular weight excluding hydrogens is 166 g/mol. The Morgan fingerprint density at radius 1 is 1.46 bits per heavy atom. The van der Waals surface area contributed by atoms with Gasteiger partial charge >= 0.3 is 0 Å². The lowest BCUT2D eigenvalue weighted by atomic mass is 9.88. The molecule has 0 aromatic heterocycles. The second-order valence-electron chi connectivity index (χ2n) is 4.05. The number of hydrogen-bond donors (Lipinski definition) is 1. The SMILES string of the molecule is CCC(C)(CO)CN(C)CCOC. The summed E-state index contributed by atoms with van der Waals surface area (Å²) in [5.74, 6) is 0. The van der Waals surface area contributed by atoms with Gasteiger partial charge in [0.05, 0.1) is 6.61 Å². The van der Waals surface area contributed by atoms with E-state index in [1.54, 1.807) is 7.11 Å². The van der Waals surface area contributed by atoms with Crippen LogP contribution in [0.4, 0.5) is 0 Å². The molecule has 13 heavy (non-hydrogen) atoms. The molecule has 0 radical (unpaired) electrons. The molecule has 0 saturated heterocycles. The molecule has 0 aliphatic heterocycles. The highest BCUT2D eigenvalue weighted by atomic mass is 16.5. The minimum atomic E-state index is 0.0302. The molecule has 3 heteroatoms. The molecule has 0 amide bonds. The third-order valence-electron chi connectivity index (χ3n) is 2.56. The molecule has 0 fully saturated rings. The fourth-order valence-corrected chi connectivity index (χ4v) is 1.25. The predicted octanol–water partition coefficient (Wildman–Crippen LogP) is 0.973. The summed E-state index contributed by atoms with van der Waals surface area (Å²) in [4.78, 5) is 2.20. The van der Waals surface area contributed by atoms with Crippen LogP contribution < -0.4 is 0 Å². The summed E-state index contributed by atoms with van der Waals surface area (Å²) in [5.41, 5.74) is 0.0302. The van der Waals surface area contributed by atoms with Gasteiger partial charge in [-0.2, -0.15) is 0 Å². The van der Waals surface area contributed by atoms with E-state index in [2.05, 4.69) is 25.8 Å². The van der Waals surface area contributed by atoms with Crippen molar-refractivity contribution in [2.75, 3.05) is 40.5 Å². The first-order chi connectivity index (χ1) is 6.08. The van der Waals surface area contributed by atoms with Gasteiger partial charge in [-0.1, -0.05) is 13.8 Å². The van der Waals surface area contributed by atoms with E-state index in [-0.39, 0.29) is 12.0 Å². The van der Waals surface area contributed by atoms with Gasteiger partial charge in [0, 0.05) is 32.2 Å². The number of ether oxygens (including phenoxy) is 1. The summed E-state index contributed by atoms with van der Waals surface area (Å²) in [7, 11) is 3.77. The Labute approximate surface area is 81.7 Å².